The van der Waals surface area contributed by atoms with E-state index < -0.39 is 5.24 Å². The number of rotatable bonds is 30. The van der Waals surface area contributed by atoms with Crippen molar-refractivity contribution in [2.24, 2.45) is 11.5 Å². The standard InChI is InChI=1S/C19H26N4O.C19H22N4O.C14H14IN3O.C10H13NO.C7H5ClO.C5H9N.C4H2Cl2N2.C4H2I2N2.C3H9N/c2*1-23(2)15-7-11-18-21-14-12-19(22-18)20-13-6-10-17(24)16-8-4-3-5-9-16;15-14-17-10-8-13(18-14)16-9-4-7-12(19)11-5-2-1-3-6-11;11-8-4-7-10(12)9-5-2-1-3-6-9;8-7(9)6-4-2-1-3-5-6;1-4-5-6(2)3;2*5-3-1-2-7-4(6)8-3;1-2-3-4/h3-5,8-9,12,14H,6-7,10-11,13,15H2,1-2H3,(H,20,21,22);3-5,8-9,12,14H,6,10,13,15H2,1-2H3,(H,20,21,22);1-3,5-6,8,10H,4,7,9H2,(H,16,17,18);1-3,5-6H,4,7-8,11H2;1-5H;1H,5H2,2-3H3;2*1-2H;2-4H2,1H3. The molecule has 0 fully saturated rings. The second-order valence-electron chi connectivity index (χ2n) is 24.6. The molecule has 10 aromatic rings. The highest BCUT2D eigenvalue weighted by atomic mass is 127. The molecule has 0 bridgehead atoms. The number of carbonyl (C=O) groups excluding carboxylic acids is 5. The number of nitrogens with one attached hydrogen (secondary N) is 3. The first kappa shape index (κ1) is 101. The third kappa shape index (κ3) is 53.3. The maximum atomic E-state index is 12.0. The Morgan fingerprint density at radius 1 is 0.439 bits per heavy atom. The lowest BCUT2D eigenvalue weighted by Crippen LogP contribution is -2.14. The van der Waals surface area contributed by atoms with Gasteiger partial charge in [0.2, 0.25) is 11.1 Å². The summed E-state index contributed by atoms with van der Waals surface area (Å²) in [6.45, 7) is 8.03. The van der Waals surface area contributed by atoms with Gasteiger partial charge < -0.3 is 32.3 Å². The van der Waals surface area contributed by atoms with Gasteiger partial charge in [-0.05, 0) is 182 Å². The van der Waals surface area contributed by atoms with E-state index in [1.165, 1.54) is 6.20 Å². The van der Waals surface area contributed by atoms with Crippen molar-refractivity contribution in [1.82, 2.24) is 64.5 Å². The zero-order valence-electron chi connectivity index (χ0n) is 65.5. The van der Waals surface area contributed by atoms with Crippen molar-refractivity contribution in [3.63, 3.8) is 0 Å². The highest BCUT2D eigenvalue weighted by Crippen LogP contribution is 2.13. The first-order valence-corrected chi connectivity index (χ1v) is 40.8. The summed E-state index contributed by atoms with van der Waals surface area (Å²) in [5, 5.41) is 9.81. The van der Waals surface area contributed by atoms with E-state index in [9.17, 15) is 24.0 Å². The average Bonchev–Trinajstić information content (AvgIpc) is 0.891. The molecule has 0 saturated carbocycles. The van der Waals surface area contributed by atoms with Crippen LogP contribution in [0.2, 0.25) is 10.4 Å². The predicted octanol–water partition coefficient (Wildman–Crippen LogP) is 16.3. The van der Waals surface area contributed by atoms with Crippen LogP contribution >= 0.6 is 103 Å². The molecule has 0 aliphatic heterocycles. The maximum Gasteiger partial charge on any atom is 0.252 e. The second-order valence-corrected chi connectivity index (χ2v) is 28.7. The Labute approximate surface area is 728 Å². The van der Waals surface area contributed by atoms with Gasteiger partial charge >= 0.3 is 0 Å². The van der Waals surface area contributed by atoms with Gasteiger partial charge in [-0.2, -0.15) is 0 Å². The summed E-state index contributed by atoms with van der Waals surface area (Å²) in [4.78, 5) is 104. The smallest absolute Gasteiger partial charge is 0.252 e. The van der Waals surface area contributed by atoms with Crippen LogP contribution in [0, 0.1) is 35.5 Å². The average molecular weight is 1940 g/mol. The Balaban J connectivity index is 0.000000458. The molecule has 29 heteroatoms. The van der Waals surface area contributed by atoms with Gasteiger partial charge in [0.15, 0.2) is 30.8 Å². The molecule has 5 aromatic carbocycles. The Morgan fingerprint density at radius 3 is 1.16 bits per heavy atom. The van der Waals surface area contributed by atoms with Crippen LogP contribution in [0.5, 0.6) is 0 Å². The number of aryl methyl sites for hydroxylation is 1. The number of ketones is 4. The summed E-state index contributed by atoms with van der Waals surface area (Å²) < 4.78 is 2.50. The molecule has 5 heterocycles. The van der Waals surface area contributed by atoms with Crippen molar-refractivity contribution >= 4 is 148 Å². The Kier molecular flexibility index (Phi) is 58.2. The van der Waals surface area contributed by atoms with Crippen LogP contribution in [0.3, 0.4) is 0 Å². The fourth-order valence-corrected chi connectivity index (χ4v) is 10.7. The molecule has 0 atom stereocenters. The Hall–Kier alpha value is -8.77. The van der Waals surface area contributed by atoms with Gasteiger partial charge in [0, 0.05) is 156 Å². The van der Waals surface area contributed by atoms with Crippen molar-refractivity contribution in [3.05, 3.63) is 274 Å². The maximum absolute atomic E-state index is 12.0. The number of halogens is 6. The molecule has 0 spiro atoms. The lowest BCUT2D eigenvalue weighted by Gasteiger charge is -2.09. The first-order valence-electron chi connectivity index (χ1n) is 36.4. The molecule has 0 saturated heterocycles. The second kappa shape index (κ2) is 65.5. The van der Waals surface area contributed by atoms with Crippen LogP contribution in [-0.4, -0.2) is 188 Å². The monoisotopic (exact) mass is 1940 g/mol. The molecule has 5 aromatic heterocycles. The number of carbonyl (C=O) groups is 5. The minimum atomic E-state index is -0.407. The number of aromatic nitrogens is 10. The molecular formula is C85H102Cl3I3N18O5. The number of hydrogen-bond donors (Lipinski definition) is 5. The summed E-state index contributed by atoms with van der Waals surface area (Å²) in [7, 11) is 11.9. The zero-order valence-corrected chi connectivity index (χ0v) is 74.2. The van der Waals surface area contributed by atoms with Gasteiger partial charge in [0.1, 0.15) is 32.1 Å². The topological polar surface area (TPSA) is 312 Å². The van der Waals surface area contributed by atoms with Gasteiger partial charge in [0.25, 0.3) is 5.24 Å². The van der Waals surface area contributed by atoms with Crippen LogP contribution in [0.4, 0.5) is 17.5 Å². The van der Waals surface area contributed by atoms with E-state index in [-0.39, 0.29) is 28.4 Å². The van der Waals surface area contributed by atoms with Gasteiger partial charge in [-0.1, -0.05) is 182 Å². The molecule has 0 aliphatic carbocycles. The highest BCUT2D eigenvalue weighted by molar-refractivity contribution is 14.1. The quantitative estimate of drug-likeness (QED) is 0.00531. The van der Waals surface area contributed by atoms with Gasteiger partial charge in [-0.3, -0.25) is 33.8 Å². The van der Waals surface area contributed by atoms with E-state index in [1.807, 2.05) is 184 Å². The summed E-state index contributed by atoms with van der Waals surface area (Å²) in [5.41, 5.74) is 14.0. The number of benzene rings is 5. The van der Waals surface area contributed by atoms with Crippen molar-refractivity contribution in [2.75, 3.05) is 111 Å². The number of nitrogens with two attached hydrogens (primary N) is 2. The molecule has 0 amide bonds. The van der Waals surface area contributed by atoms with E-state index in [4.69, 9.17) is 52.7 Å². The third-order valence-electron chi connectivity index (χ3n) is 14.1. The Bertz CT molecular complexity index is 4310. The summed E-state index contributed by atoms with van der Waals surface area (Å²) in [5.74, 6) is 12.9. The first-order chi connectivity index (χ1) is 55.0. The minimum absolute atomic E-state index is 0.162. The van der Waals surface area contributed by atoms with Crippen molar-refractivity contribution in [2.45, 2.75) is 77.6 Å². The lowest BCUT2D eigenvalue weighted by atomic mass is 10.1. The molecule has 10 rings (SSSR count). The molecule has 23 nitrogen and oxygen atoms in total. The van der Waals surface area contributed by atoms with Crippen LogP contribution in [-0.2, 0) is 6.42 Å². The summed E-state index contributed by atoms with van der Waals surface area (Å²) >= 11 is 22.2. The lowest BCUT2D eigenvalue weighted by molar-refractivity contribution is 0.0973. The van der Waals surface area contributed by atoms with Crippen LogP contribution in [0.1, 0.15) is 135 Å². The van der Waals surface area contributed by atoms with Gasteiger partial charge in [0.05, 0.1) is 13.1 Å². The van der Waals surface area contributed by atoms with E-state index in [2.05, 4.69) is 177 Å². The third-order valence-corrected chi connectivity index (χ3v) is 16.4. The van der Waals surface area contributed by atoms with Crippen LogP contribution in [0.15, 0.2) is 213 Å². The summed E-state index contributed by atoms with van der Waals surface area (Å²) in [6, 6.07) is 55.1. The molecule has 0 aliphatic rings. The number of nitrogens with zero attached hydrogens (tertiary/aromatic N) is 13. The highest BCUT2D eigenvalue weighted by Gasteiger charge is 2.09. The number of hydrogen-bond acceptors (Lipinski definition) is 23. The van der Waals surface area contributed by atoms with E-state index in [0.29, 0.717) is 65.7 Å². The van der Waals surface area contributed by atoms with Crippen molar-refractivity contribution < 1.29 is 24.0 Å². The fourth-order valence-electron chi connectivity index (χ4n) is 8.51. The molecule has 0 radical (unpaired) electrons. The number of anilines is 3. The molecule has 604 valence electrons. The Morgan fingerprint density at radius 2 is 0.825 bits per heavy atom. The van der Waals surface area contributed by atoms with Crippen LogP contribution < -0.4 is 27.4 Å². The van der Waals surface area contributed by atoms with Crippen molar-refractivity contribution in [3.8, 4) is 24.2 Å². The SMILES string of the molecule is C#CCN(C)C.CCCN.CN(C)CC#Cc1nccc(NCCCC(=O)c2ccccc2)n1.CN(C)CCCc1nccc(NCCCC(=O)c2ccccc2)n1.Clc1ccnc(Cl)n1.Ic1ccnc(I)n1.NCCCC(=O)c1ccccc1.O=C(CCCNc1ccnc(I)n1)c1ccccc1.O=C(Cl)c1ccccc1. The van der Waals surface area contributed by atoms with Crippen molar-refractivity contribution in [1.29, 1.82) is 0 Å². The molecular weight excluding hydrogens is 1840 g/mol. The molecule has 114 heavy (non-hydrogen) atoms. The summed E-state index contributed by atoms with van der Waals surface area (Å²) in [6.07, 6.45) is 21.6. The van der Waals surface area contributed by atoms with E-state index in [0.717, 1.165) is 131 Å². The van der Waals surface area contributed by atoms with Crippen LogP contribution in [0.25, 0.3) is 0 Å². The minimum Gasteiger partial charge on any atom is -0.370 e. The molecule has 7 N–H and O–H groups in total. The number of Topliss-reactive ketones (excluding diaryl/α,β-unsaturated/α-hetero) is 4. The fraction of sp³-hybridized carbons (Fsp3) is 0.306. The largest absolute Gasteiger partial charge is 0.370 e. The number of terminal acetylenes is 1. The van der Waals surface area contributed by atoms with Gasteiger partial charge in [-0.25, -0.2) is 49.8 Å². The zero-order chi connectivity index (χ0) is 83.8. The van der Waals surface area contributed by atoms with Gasteiger partial charge in [-0.15, -0.1) is 6.42 Å². The predicted molar refractivity (Wildman–Crippen MR) is 489 cm³/mol. The van der Waals surface area contributed by atoms with E-state index in [1.54, 1.807) is 61.2 Å². The normalized spacial score (nSPS) is 9.83. The van der Waals surface area contributed by atoms with E-state index >= 15 is 0 Å². The molecule has 0 unspecified atom stereocenters.